The van der Waals surface area contributed by atoms with Crippen LogP contribution < -0.4 is 20.5 Å². The third-order valence-corrected chi connectivity index (χ3v) is 3.45. The lowest BCUT2D eigenvalue weighted by atomic mass is 10.1. The number of benzene rings is 2. The first-order valence-corrected chi connectivity index (χ1v) is 7.43. The molecule has 2 aromatic carbocycles. The van der Waals surface area contributed by atoms with Crippen LogP contribution in [0.15, 0.2) is 36.4 Å². The molecule has 0 atom stereocenters. The van der Waals surface area contributed by atoms with E-state index in [4.69, 9.17) is 15.2 Å². The molecule has 5 nitrogen and oxygen atoms in total. The third-order valence-electron chi connectivity index (χ3n) is 3.45. The van der Waals surface area contributed by atoms with Crippen molar-refractivity contribution in [3.05, 3.63) is 47.5 Å². The minimum atomic E-state index is -0.158. The Kier molecular flexibility index (Phi) is 7.39. The maximum atomic E-state index is 12.0. The fraction of sp³-hybridized carbons (Fsp3) is 0.278. The molecular formula is C18H23ClN2O3. The van der Waals surface area contributed by atoms with Crippen LogP contribution in [0.2, 0.25) is 0 Å². The van der Waals surface area contributed by atoms with E-state index in [9.17, 15) is 4.79 Å². The van der Waals surface area contributed by atoms with E-state index in [1.54, 1.807) is 25.3 Å². The fourth-order valence-corrected chi connectivity index (χ4v) is 2.20. The van der Waals surface area contributed by atoms with Gasteiger partial charge in [-0.25, -0.2) is 0 Å². The summed E-state index contributed by atoms with van der Waals surface area (Å²) in [4.78, 5) is 12.0. The van der Waals surface area contributed by atoms with E-state index in [0.717, 1.165) is 11.3 Å². The summed E-state index contributed by atoms with van der Waals surface area (Å²) in [5.41, 5.74) is 9.12. The molecule has 0 bridgehead atoms. The number of ether oxygens (including phenoxy) is 2. The van der Waals surface area contributed by atoms with Crippen molar-refractivity contribution in [1.29, 1.82) is 0 Å². The van der Waals surface area contributed by atoms with Gasteiger partial charge >= 0.3 is 0 Å². The highest BCUT2D eigenvalue weighted by molar-refractivity contribution is 5.94. The number of amides is 1. The summed E-state index contributed by atoms with van der Waals surface area (Å²) >= 11 is 0. The lowest BCUT2D eigenvalue weighted by Crippen LogP contribution is -2.16. The summed E-state index contributed by atoms with van der Waals surface area (Å²) in [5.74, 6) is 1.28. The molecule has 3 N–H and O–H groups in total. The lowest BCUT2D eigenvalue weighted by Gasteiger charge is -2.11. The molecule has 0 aromatic heterocycles. The van der Waals surface area contributed by atoms with Gasteiger partial charge in [-0.3, -0.25) is 4.79 Å². The maximum absolute atomic E-state index is 12.0. The number of rotatable bonds is 6. The molecule has 0 heterocycles. The van der Waals surface area contributed by atoms with Gasteiger partial charge in [-0.05, 0) is 37.6 Å². The SMILES string of the molecule is COc1ccc(N)c(NC(=O)CCOc2ccc(C)cc2C)c1.Cl. The number of carbonyl (C=O) groups is 1. The van der Waals surface area contributed by atoms with Crippen molar-refractivity contribution < 1.29 is 14.3 Å². The van der Waals surface area contributed by atoms with E-state index < -0.39 is 0 Å². The number of nitrogens with one attached hydrogen (secondary N) is 1. The summed E-state index contributed by atoms with van der Waals surface area (Å²) in [5, 5.41) is 2.77. The Labute approximate surface area is 148 Å². The van der Waals surface area contributed by atoms with E-state index >= 15 is 0 Å². The number of hydrogen-bond acceptors (Lipinski definition) is 4. The molecule has 0 saturated carbocycles. The minimum absolute atomic E-state index is 0. The van der Waals surface area contributed by atoms with Crippen LogP contribution in [0, 0.1) is 13.8 Å². The van der Waals surface area contributed by atoms with Gasteiger partial charge in [0.25, 0.3) is 0 Å². The van der Waals surface area contributed by atoms with Gasteiger partial charge in [-0.15, -0.1) is 12.4 Å². The molecule has 0 spiro atoms. The van der Waals surface area contributed by atoms with Crippen LogP contribution in [0.3, 0.4) is 0 Å². The quantitative estimate of drug-likeness (QED) is 0.778. The molecule has 2 aromatic rings. The average Bonchev–Trinajstić information content (AvgIpc) is 2.51. The third kappa shape index (κ3) is 5.35. The first kappa shape index (κ1) is 19.6. The Hall–Kier alpha value is -2.40. The van der Waals surface area contributed by atoms with Crippen molar-refractivity contribution in [2.75, 3.05) is 24.8 Å². The highest BCUT2D eigenvalue weighted by atomic mass is 35.5. The standard InChI is InChI=1S/C18H22N2O3.ClH/c1-12-4-7-17(13(2)10-12)23-9-8-18(21)20-16-11-14(22-3)5-6-15(16)19;/h4-7,10-11H,8-9,19H2,1-3H3,(H,20,21);1H. The monoisotopic (exact) mass is 350 g/mol. The molecule has 2 rings (SSSR count). The number of anilines is 2. The van der Waals surface area contributed by atoms with Gasteiger partial charge in [0.15, 0.2) is 0 Å². The van der Waals surface area contributed by atoms with Crippen LogP contribution in [-0.2, 0) is 4.79 Å². The maximum Gasteiger partial charge on any atom is 0.227 e. The predicted octanol–water partition coefficient (Wildman–Crippen LogP) is 3.72. The molecule has 0 saturated heterocycles. The molecule has 0 aliphatic carbocycles. The summed E-state index contributed by atoms with van der Waals surface area (Å²) in [6.07, 6.45) is 0.240. The average molecular weight is 351 g/mol. The minimum Gasteiger partial charge on any atom is -0.497 e. The van der Waals surface area contributed by atoms with Crippen LogP contribution in [0.1, 0.15) is 17.5 Å². The first-order chi connectivity index (χ1) is 11.0. The second kappa shape index (κ2) is 9.03. The van der Waals surface area contributed by atoms with Crippen LogP contribution in [0.5, 0.6) is 11.5 Å². The molecule has 1 amide bonds. The summed E-state index contributed by atoms with van der Waals surface area (Å²) in [6, 6.07) is 11.1. The second-order valence-electron chi connectivity index (χ2n) is 5.37. The number of hydrogen-bond donors (Lipinski definition) is 2. The topological polar surface area (TPSA) is 73.6 Å². The predicted molar refractivity (Wildman–Crippen MR) is 99.3 cm³/mol. The fourth-order valence-electron chi connectivity index (χ4n) is 2.20. The largest absolute Gasteiger partial charge is 0.497 e. The van der Waals surface area contributed by atoms with E-state index in [-0.39, 0.29) is 24.7 Å². The van der Waals surface area contributed by atoms with E-state index in [1.807, 2.05) is 32.0 Å². The Morgan fingerprint density at radius 2 is 1.92 bits per heavy atom. The Bertz CT molecular complexity index is 705. The van der Waals surface area contributed by atoms with E-state index in [2.05, 4.69) is 5.32 Å². The van der Waals surface area contributed by atoms with Crippen LogP contribution in [0.25, 0.3) is 0 Å². The smallest absolute Gasteiger partial charge is 0.227 e. The van der Waals surface area contributed by atoms with Gasteiger partial charge in [-0.1, -0.05) is 17.7 Å². The second-order valence-corrected chi connectivity index (χ2v) is 5.37. The zero-order valence-corrected chi connectivity index (χ0v) is 14.9. The van der Waals surface area contributed by atoms with Crippen molar-refractivity contribution in [3.63, 3.8) is 0 Å². The lowest BCUT2D eigenvalue weighted by molar-refractivity contribution is -0.116. The van der Waals surface area contributed by atoms with Crippen molar-refractivity contribution in [2.24, 2.45) is 0 Å². The highest BCUT2D eigenvalue weighted by Gasteiger charge is 2.08. The van der Waals surface area contributed by atoms with Gasteiger partial charge in [-0.2, -0.15) is 0 Å². The molecule has 0 radical (unpaired) electrons. The Morgan fingerprint density at radius 1 is 1.17 bits per heavy atom. The summed E-state index contributed by atoms with van der Waals surface area (Å²) in [6.45, 7) is 4.32. The van der Waals surface area contributed by atoms with Crippen molar-refractivity contribution in [3.8, 4) is 11.5 Å². The van der Waals surface area contributed by atoms with Gasteiger partial charge in [0, 0.05) is 6.07 Å². The summed E-state index contributed by atoms with van der Waals surface area (Å²) < 4.78 is 10.8. The van der Waals surface area contributed by atoms with Crippen molar-refractivity contribution >= 4 is 29.7 Å². The first-order valence-electron chi connectivity index (χ1n) is 7.43. The highest BCUT2D eigenvalue weighted by Crippen LogP contribution is 2.24. The molecule has 0 aliphatic heterocycles. The van der Waals surface area contributed by atoms with Gasteiger partial charge < -0.3 is 20.5 Å². The van der Waals surface area contributed by atoms with Crippen LogP contribution in [0.4, 0.5) is 11.4 Å². The zero-order chi connectivity index (χ0) is 16.8. The Morgan fingerprint density at radius 3 is 2.58 bits per heavy atom. The molecule has 130 valence electrons. The molecule has 0 unspecified atom stereocenters. The molecule has 6 heteroatoms. The van der Waals surface area contributed by atoms with Gasteiger partial charge in [0.2, 0.25) is 5.91 Å². The van der Waals surface area contributed by atoms with Crippen molar-refractivity contribution in [1.82, 2.24) is 0 Å². The van der Waals surface area contributed by atoms with Gasteiger partial charge in [0.05, 0.1) is 31.5 Å². The van der Waals surface area contributed by atoms with E-state index in [0.29, 0.717) is 23.7 Å². The van der Waals surface area contributed by atoms with E-state index in [1.165, 1.54) is 5.56 Å². The number of halogens is 1. The molecule has 24 heavy (non-hydrogen) atoms. The van der Waals surface area contributed by atoms with Crippen molar-refractivity contribution in [2.45, 2.75) is 20.3 Å². The van der Waals surface area contributed by atoms with Crippen LogP contribution >= 0.6 is 12.4 Å². The number of methoxy groups -OCH3 is 1. The van der Waals surface area contributed by atoms with Gasteiger partial charge in [0.1, 0.15) is 11.5 Å². The molecule has 0 fully saturated rings. The number of aryl methyl sites for hydroxylation is 2. The summed E-state index contributed by atoms with van der Waals surface area (Å²) in [7, 11) is 1.56. The number of nitrogen functional groups attached to an aromatic ring is 1. The van der Waals surface area contributed by atoms with Crippen LogP contribution in [-0.4, -0.2) is 19.6 Å². The normalized spacial score (nSPS) is 9.79. The molecule has 0 aliphatic rings. The zero-order valence-electron chi connectivity index (χ0n) is 14.1. The number of nitrogens with two attached hydrogens (primary N) is 1. The Balaban J connectivity index is 0.00000288. The molecular weight excluding hydrogens is 328 g/mol. The number of carbonyl (C=O) groups excluding carboxylic acids is 1.